The van der Waals surface area contributed by atoms with Crippen LogP contribution in [0.25, 0.3) is 11.1 Å². The number of carbonyl (C=O) groups excluding carboxylic acids is 3. The Kier molecular flexibility index (Phi) is 3.82. The van der Waals surface area contributed by atoms with E-state index in [0.29, 0.717) is 29.0 Å². The first-order chi connectivity index (χ1) is 14.4. The standard InChI is InChI=1S/C21H18N4O5/c1-24-19(27)21(23-20(24)28,17-9-15-16(30-17)4-3-7-22-15)11-25-10-12-5-6-13(29-2)8-14(12)18(25)26/h3-9H,10-11H2,1-2H3,(H,23,28)/t21-/m0/s1. The van der Waals surface area contributed by atoms with Gasteiger partial charge in [0, 0.05) is 31.4 Å². The molecule has 2 aromatic heterocycles. The molecule has 9 nitrogen and oxygen atoms in total. The molecule has 1 aromatic carbocycles. The number of methoxy groups -OCH3 is 1. The molecule has 0 unspecified atom stereocenters. The molecule has 1 N–H and O–H groups in total. The van der Waals surface area contributed by atoms with E-state index in [-0.39, 0.29) is 18.2 Å². The minimum atomic E-state index is -1.53. The van der Waals surface area contributed by atoms with E-state index >= 15 is 0 Å². The molecule has 1 saturated heterocycles. The molecular formula is C21H18N4O5. The van der Waals surface area contributed by atoms with Crippen LogP contribution in [0, 0.1) is 0 Å². The van der Waals surface area contributed by atoms with Crippen LogP contribution in [0.5, 0.6) is 5.75 Å². The summed E-state index contributed by atoms with van der Waals surface area (Å²) in [5.41, 5.74) is 0.857. The summed E-state index contributed by atoms with van der Waals surface area (Å²) in [4.78, 5) is 45.4. The van der Waals surface area contributed by atoms with E-state index in [4.69, 9.17) is 9.15 Å². The van der Waals surface area contributed by atoms with Crippen LogP contribution in [0.3, 0.4) is 0 Å². The van der Waals surface area contributed by atoms with Crippen molar-refractivity contribution < 1.29 is 23.5 Å². The number of likely N-dealkylation sites (N-methyl/N-ethyl adjacent to an activating group) is 1. The van der Waals surface area contributed by atoms with E-state index in [2.05, 4.69) is 10.3 Å². The van der Waals surface area contributed by atoms with Crippen molar-refractivity contribution in [2.75, 3.05) is 20.7 Å². The number of aromatic nitrogens is 1. The molecule has 0 bridgehead atoms. The maximum Gasteiger partial charge on any atom is 0.325 e. The van der Waals surface area contributed by atoms with E-state index in [9.17, 15) is 14.4 Å². The molecule has 2 aliphatic heterocycles. The number of fused-ring (bicyclic) bond motifs is 2. The van der Waals surface area contributed by atoms with Gasteiger partial charge in [-0.3, -0.25) is 19.5 Å². The van der Waals surface area contributed by atoms with Crippen LogP contribution < -0.4 is 10.1 Å². The number of amides is 4. The molecule has 9 heteroatoms. The van der Waals surface area contributed by atoms with Crippen LogP contribution >= 0.6 is 0 Å². The van der Waals surface area contributed by atoms with Crippen LogP contribution in [0.1, 0.15) is 21.7 Å². The zero-order chi connectivity index (χ0) is 21.0. The lowest BCUT2D eigenvalue weighted by molar-refractivity contribution is -0.131. The van der Waals surface area contributed by atoms with Crippen LogP contribution in [0.4, 0.5) is 4.79 Å². The number of ether oxygens (including phenoxy) is 1. The molecule has 1 atom stereocenters. The van der Waals surface area contributed by atoms with E-state index in [1.807, 2.05) is 6.07 Å². The lowest BCUT2D eigenvalue weighted by Crippen LogP contribution is -2.52. The summed E-state index contributed by atoms with van der Waals surface area (Å²) < 4.78 is 11.1. The number of urea groups is 1. The highest BCUT2D eigenvalue weighted by molar-refractivity contribution is 6.08. The van der Waals surface area contributed by atoms with E-state index in [1.165, 1.54) is 19.1 Å². The predicted molar refractivity (Wildman–Crippen MR) is 105 cm³/mol. The monoisotopic (exact) mass is 406 g/mol. The van der Waals surface area contributed by atoms with Crippen molar-refractivity contribution in [1.82, 2.24) is 20.1 Å². The van der Waals surface area contributed by atoms with Gasteiger partial charge in [-0.05, 0) is 29.8 Å². The summed E-state index contributed by atoms with van der Waals surface area (Å²) in [6, 6.07) is 9.81. The summed E-state index contributed by atoms with van der Waals surface area (Å²) in [5.74, 6) is 0.0780. The molecule has 0 spiro atoms. The third-order valence-electron chi connectivity index (χ3n) is 5.63. The molecule has 0 saturated carbocycles. The number of furan rings is 1. The number of benzene rings is 1. The van der Waals surface area contributed by atoms with Crippen molar-refractivity contribution in [3.05, 3.63) is 59.5 Å². The Bertz CT molecular complexity index is 1190. The maximum atomic E-state index is 13.2. The Labute approximate surface area is 171 Å². The first kappa shape index (κ1) is 18.2. The summed E-state index contributed by atoms with van der Waals surface area (Å²) >= 11 is 0. The molecule has 2 aliphatic rings. The van der Waals surface area contributed by atoms with Gasteiger partial charge in [-0.2, -0.15) is 0 Å². The Balaban J connectivity index is 1.56. The van der Waals surface area contributed by atoms with Gasteiger partial charge in [0.1, 0.15) is 17.0 Å². The Morgan fingerprint density at radius 3 is 2.77 bits per heavy atom. The lowest BCUT2D eigenvalue weighted by atomic mass is 9.95. The van der Waals surface area contributed by atoms with Gasteiger partial charge in [0.05, 0.1) is 13.7 Å². The van der Waals surface area contributed by atoms with Gasteiger partial charge in [0.25, 0.3) is 11.8 Å². The second kappa shape index (κ2) is 6.31. The zero-order valence-corrected chi connectivity index (χ0v) is 16.3. The second-order valence-electron chi connectivity index (χ2n) is 7.38. The molecule has 1 fully saturated rings. The molecule has 0 aliphatic carbocycles. The van der Waals surface area contributed by atoms with Gasteiger partial charge in [-0.15, -0.1) is 0 Å². The molecule has 5 rings (SSSR count). The fraction of sp³-hybridized carbons (Fsp3) is 0.238. The number of rotatable bonds is 4. The van der Waals surface area contributed by atoms with Gasteiger partial charge >= 0.3 is 6.03 Å². The van der Waals surface area contributed by atoms with E-state index in [1.54, 1.807) is 36.5 Å². The van der Waals surface area contributed by atoms with Gasteiger partial charge in [0.15, 0.2) is 11.1 Å². The largest absolute Gasteiger partial charge is 0.497 e. The number of hydrogen-bond acceptors (Lipinski definition) is 6. The summed E-state index contributed by atoms with van der Waals surface area (Å²) in [6.07, 6.45) is 1.61. The van der Waals surface area contributed by atoms with Crippen molar-refractivity contribution >= 4 is 28.9 Å². The number of carbonyl (C=O) groups is 3. The van der Waals surface area contributed by atoms with Crippen LogP contribution in [0.2, 0.25) is 0 Å². The topological polar surface area (TPSA) is 105 Å². The van der Waals surface area contributed by atoms with Gasteiger partial charge < -0.3 is 19.4 Å². The molecule has 30 heavy (non-hydrogen) atoms. The average Bonchev–Trinajstić information content (AvgIpc) is 3.39. The Hall–Kier alpha value is -3.88. The number of imide groups is 1. The fourth-order valence-electron chi connectivity index (χ4n) is 4.01. The first-order valence-electron chi connectivity index (χ1n) is 9.34. The van der Waals surface area contributed by atoms with Crippen molar-refractivity contribution in [2.24, 2.45) is 0 Å². The number of pyridine rings is 1. The van der Waals surface area contributed by atoms with Crippen LogP contribution in [0.15, 0.2) is 47.0 Å². The third-order valence-corrected chi connectivity index (χ3v) is 5.63. The van der Waals surface area contributed by atoms with Gasteiger partial charge in [-0.1, -0.05) is 6.07 Å². The highest BCUT2D eigenvalue weighted by Crippen LogP contribution is 2.36. The Morgan fingerprint density at radius 1 is 1.23 bits per heavy atom. The number of hydrogen-bond donors (Lipinski definition) is 1. The van der Waals surface area contributed by atoms with Crippen molar-refractivity contribution in [2.45, 2.75) is 12.1 Å². The minimum Gasteiger partial charge on any atom is -0.497 e. The smallest absolute Gasteiger partial charge is 0.325 e. The molecule has 4 heterocycles. The lowest BCUT2D eigenvalue weighted by Gasteiger charge is -2.29. The van der Waals surface area contributed by atoms with Crippen LogP contribution in [-0.2, 0) is 16.9 Å². The number of nitrogens with zero attached hydrogens (tertiary/aromatic N) is 3. The molecular weight excluding hydrogens is 388 g/mol. The summed E-state index contributed by atoms with van der Waals surface area (Å²) in [5, 5.41) is 2.74. The average molecular weight is 406 g/mol. The normalized spacial score (nSPS) is 20.8. The SMILES string of the molecule is COc1ccc2c(c1)C(=O)N(C[C@@]1(c3cc4ncccc4o3)NC(=O)N(C)C1=O)C2. The van der Waals surface area contributed by atoms with Crippen LogP contribution in [-0.4, -0.2) is 53.3 Å². The summed E-state index contributed by atoms with van der Waals surface area (Å²) in [7, 11) is 2.93. The molecule has 4 amide bonds. The predicted octanol–water partition coefficient (Wildman–Crippen LogP) is 1.87. The molecule has 3 aromatic rings. The third kappa shape index (κ3) is 2.48. The summed E-state index contributed by atoms with van der Waals surface area (Å²) in [6.45, 7) is 0.239. The van der Waals surface area contributed by atoms with Gasteiger partial charge in [-0.25, -0.2) is 4.79 Å². The van der Waals surface area contributed by atoms with Crippen molar-refractivity contribution in [3.63, 3.8) is 0 Å². The molecule has 152 valence electrons. The fourth-order valence-corrected chi connectivity index (χ4v) is 4.01. The van der Waals surface area contributed by atoms with Crippen molar-refractivity contribution in [3.8, 4) is 5.75 Å². The van der Waals surface area contributed by atoms with E-state index < -0.39 is 17.5 Å². The number of nitrogens with one attached hydrogen (secondary N) is 1. The van der Waals surface area contributed by atoms with E-state index in [0.717, 1.165) is 10.5 Å². The zero-order valence-electron chi connectivity index (χ0n) is 16.3. The first-order valence-corrected chi connectivity index (χ1v) is 9.34. The van der Waals surface area contributed by atoms with Crippen molar-refractivity contribution in [1.29, 1.82) is 0 Å². The second-order valence-corrected chi connectivity index (χ2v) is 7.38. The maximum absolute atomic E-state index is 13.2. The highest BCUT2D eigenvalue weighted by Gasteiger charge is 2.55. The quantitative estimate of drug-likeness (QED) is 0.663. The highest BCUT2D eigenvalue weighted by atomic mass is 16.5. The molecule has 0 radical (unpaired) electrons. The van der Waals surface area contributed by atoms with Gasteiger partial charge in [0.2, 0.25) is 0 Å². The minimum absolute atomic E-state index is 0.0719. The Morgan fingerprint density at radius 2 is 2.07 bits per heavy atom.